The summed E-state index contributed by atoms with van der Waals surface area (Å²) in [5.41, 5.74) is 1.31. The molecular formula is C22H27N3O3. The minimum atomic E-state index is 0.285. The fraction of sp³-hybridized carbons (Fsp3) is 0.682. The summed E-state index contributed by atoms with van der Waals surface area (Å²) < 4.78 is 11.2. The molecule has 7 aliphatic rings. The van der Waals surface area contributed by atoms with E-state index in [9.17, 15) is 4.79 Å². The Hall–Kier alpha value is -1.79. The van der Waals surface area contributed by atoms with Crippen LogP contribution in [0.4, 0.5) is 0 Å². The molecule has 8 rings (SSSR count). The van der Waals surface area contributed by atoms with Gasteiger partial charge in [0.05, 0.1) is 6.04 Å². The molecule has 0 radical (unpaired) electrons. The quantitative estimate of drug-likeness (QED) is 0.836. The van der Waals surface area contributed by atoms with E-state index in [0.717, 1.165) is 31.1 Å². The maximum absolute atomic E-state index is 13.6. The molecular weight excluding hydrogens is 354 g/mol. The number of hydrogen-bond acceptors (Lipinski definition) is 5. The summed E-state index contributed by atoms with van der Waals surface area (Å²) in [6, 6.07) is 7.28. The van der Waals surface area contributed by atoms with E-state index in [2.05, 4.69) is 27.2 Å². The van der Waals surface area contributed by atoms with Crippen LogP contribution in [-0.4, -0.2) is 67.3 Å². The number of piperidine rings is 4. The second kappa shape index (κ2) is 5.63. The Kier molecular flexibility index (Phi) is 3.23. The average molecular weight is 381 g/mol. The molecule has 1 unspecified atom stereocenters. The molecule has 28 heavy (non-hydrogen) atoms. The summed E-state index contributed by atoms with van der Waals surface area (Å²) in [5, 5.41) is 3.43. The van der Waals surface area contributed by atoms with Crippen LogP contribution < -0.4 is 14.8 Å². The van der Waals surface area contributed by atoms with E-state index in [1.54, 1.807) is 0 Å². The van der Waals surface area contributed by atoms with Gasteiger partial charge in [-0.2, -0.15) is 0 Å². The number of carbonyl (C=O) groups excluding carboxylic acids is 1. The first-order valence-corrected chi connectivity index (χ1v) is 10.9. The number of carbonyl (C=O) groups is 1. The van der Waals surface area contributed by atoms with Crippen LogP contribution in [-0.2, 0) is 4.79 Å². The standard InChI is InChI=1S/C22H27N3O3/c26-22(19-14-8-23-9-15(14)19)25-10-16(13-1-2-17-18(7-13)28-11-27-17)21-20(25)12-3-5-24(21)6-4-12/h1-2,7,12,14-16,19-21,23H,3-6,8-11H2/t14-,15+,16-,19?,20+,21+/m1/s1. The second-order valence-corrected chi connectivity index (χ2v) is 9.58. The number of ether oxygens (including phenoxy) is 2. The normalized spacial score (nSPS) is 44.5. The lowest BCUT2D eigenvalue weighted by Crippen LogP contribution is -2.61. The summed E-state index contributed by atoms with van der Waals surface area (Å²) in [6.07, 6.45) is 2.50. The van der Waals surface area contributed by atoms with Crippen molar-refractivity contribution in [3.8, 4) is 11.5 Å². The molecule has 1 aliphatic carbocycles. The molecule has 6 heterocycles. The number of nitrogens with zero attached hydrogens (tertiary/aromatic N) is 2. The van der Waals surface area contributed by atoms with Crippen LogP contribution in [0, 0.1) is 23.7 Å². The Bertz CT molecular complexity index is 826. The zero-order valence-corrected chi connectivity index (χ0v) is 16.0. The Morgan fingerprint density at radius 1 is 1.04 bits per heavy atom. The number of fused-ring (bicyclic) bond motifs is 4. The fourth-order valence-corrected chi connectivity index (χ4v) is 7.09. The molecule has 6 fully saturated rings. The van der Waals surface area contributed by atoms with Gasteiger partial charge in [0, 0.05) is 24.4 Å². The number of hydrogen-bond donors (Lipinski definition) is 1. The predicted molar refractivity (Wildman–Crippen MR) is 102 cm³/mol. The molecule has 6 nitrogen and oxygen atoms in total. The van der Waals surface area contributed by atoms with Gasteiger partial charge in [0.25, 0.3) is 0 Å². The highest BCUT2D eigenvalue weighted by Gasteiger charge is 2.62. The molecule has 1 aromatic rings. The summed E-state index contributed by atoms with van der Waals surface area (Å²) in [6.45, 7) is 5.62. The maximum atomic E-state index is 13.6. The number of amides is 1. The number of benzene rings is 1. The molecule has 6 aliphatic heterocycles. The molecule has 6 heteroatoms. The van der Waals surface area contributed by atoms with Crippen molar-refractivity contribution in [3.05, 3.63) is 23.8 Å². The van der Waals surface area contributed by atoms with Crippen molar-refractivity contribution in [1.82, 2.24) is 15.1 Å². The number of nitrogens with one attached hydrogen (secondary N) is 1. The van der Waals surface area contributed by atoms with Crippen molar-refractivity contribution >= 4 is 5.91 Å². The third-order valence-electron chi connectivity index (χ3n) is 8.48. The molecule has 5 saturated heterocycles. The van der Waals surface area contributed by atoms with Gasteiger partial charge in [0.15, 0.2) is 11.5 Å². The first-order valence-electron chi connectivity index (χ1n) is 10.9. The van der Waals surface area contributed by atoms with Gasteiger partial charge in [-0.3, -0.25) is 9.69 Å². The number of rotatable bonds is 2. The minimum absolute atomic E-state index is 0.285. The number of likely N-dealkylation sites (tertiary alicyclic amines) is 1. The van der Waals surface area contributed by atoms with E-state index < -0.39 is 0 Å². The van der Waals surface area contributed by atoms with Gasteiger partial charge in [-0.15, -0.1) is 0 Å². The van der Waals surface area contributed by atoms with Gasteiger partial charge in [-0.1, -0.05) is 6.07 Å². The molecule has 0 aromatic heterocycles. The molecule has 6 atom stereocenters. The van der Waals surface area contributed by atoms with Crippen LogP contribution in [0.15, 0.2) is 18.2 Å². The lowest BCUT2D eigenvalue weighted by molar-refractivity contribution is -0.138. The lowest BCUT2D eigenvalue weighted by atomic mass is 9.75. The van der Waals surface area contributed by atoms with Gasteiger partial charge in [0.1, 0.15) is 0 Å². The van der Waals surface area contributed by atoms with E-state index in [-0.39, 0.29) is 5.92 Å². The Balaban J connectivity index is 1.24. The molecule has 148 valence electrons. The second-order valence-electron chi connectivity index (χ2n) is 9.58. The fourth-order valence-electron chi connectivity index (χ4n) is 7.09. The van der Waals surface area contributed by atoms with E-state index in [4.69, 9.17) is 9.47 Å². The van der Waals surface area contributed by atoms with E-state index in [0.29, 0.717) is 48.5 Å². The average Bonchev–Trinajstić information content (AvgIpc) is 3.19. The Morgan fingerprint density at radius 3 is 2.64 bits per heavy atom. The van der Waals surface area contributed by atoms with Crippen LogP contribution in [0.2, 0.25) is 0 Å². The lowest BCUT2D eigenvalue weighted by Gasteiger charge is -2.51. The third-order valence-corrected chi connectivity index (χ3v) is 8.48. The van der Waals surface area contributed by atoms with Crippen LogP contribution in [0.5, 0.6) is 11.5 Å². The Morgan fingerprint density at radius 2 is 1.82 bits per heavy atom. The maximum Gasteiger partial charge on any atom is 0.231 e. The highest BCUT2D eigenvalue weighted by Crippen LogP contribution is 2.53. The van der Waals surface area contributed by atoms with Crippen molar-refractivity contribution in [2.24, 2.45) is 23.7 Å². The van der Waals surface area contributed by atoms with Crippen molar-refractivity contribution in [2.75, 3.05) is 39.5 Å². The van der Waals surface area contributed by atoms with Crippen molar-refractivity contribution in [2.45, 2.75) is 30.8 Å². The molecule has 1 aromatic carbocycles. The van der Waals surface area contributed by atoms with Gasteiger partial charge in [-0.05, 0) is 74.5 Å². The van der Waals surface area contributed by atoms with E-state index >= 15 is 0 Å². The molecule has 0 spiro atoms. The summed E-state index contributed by atoms with van der Waals surface area (Å²) >= 11 is 0. The minimum Gasteiger partial charge on any atom is -0.454 e. The van der Waals surface area contributed by atoms with Gasteiger partial charge < -0.3 is 19.7 Å². The summed E-state index contributed by atoms with van der Waals surface area (Å²) in [4.78, 5) is 18.5. The zero-order chi connectivity index (χ0) is 18.4. The molecule has 1 amide bonds. The molecule has 1 saturated carbocycles. The third kappa shape index (κ3) is 2.08. The highest BCUT2D eigenvalue weighted by molar-refractivity contribution is 5.83. The first kappa shape index (κ1) is 16.1. The van der Waals surface area contributed by atoms with Crippen LogP contribution in [0.3, 0.4) is 0 Å². The monoisotopic (exact) mass is 381 g/mol. The topological polar surface area (TPSA) is 54.0 Å². The van der Waals surface area contributed by atoms with Gasteiger partial charge in [0.2, 0.25) is 12.7 Å². The molecule has 2 bridgehead atoms. The van der Waals surface area contributed by atoms with Crippen LogP contribution in [0.25, 0.3) is 0 Å². The van der Waals surface area contributed by atoms with Crippen molar-refractivity contribution in [3.63, 3.8) is 0 Å². The Labute approximate surface area is 165 Å². The summed E-state index contributed by atoms with van der Waals surface area (Å²) in [7, 11) is 0. The molecule has 1 N–H and O–H groups in total. The SMILES string of the molecule is O=C(C1[C@H]2CNC[C@@H]12)N1C[C@H](c2ccc3c(c2)OCO3)[C@H]2[C@@H]1C1CCN2CC1. The van der Waals surface area contributed by atoms with Crippen molar-refractivity contribution < 1.29 is 14.3 Å². The predicted octanol–water partition coefficient (Wildman–Crippen LogP) is 1.27. The largest absolute Gasteiger partial charge is 0.454 e. The van der Waals surface area contributed by atoms with Gasteiger partial charge >= 0.3 is 0 Å². The van der Waals surface area contributed by atoms with Crippen LogP contribution in [0.1, 0.15) is 24.3 Å². The van der Waals surface area contributed by atoms with Gasteiger partial charge in [-0.25, -0.2) is 0 Å². The van der Waals surface area contributed by atoms with Crippen molar-refractivity contribution in [1.29, 1.82) is 0 Å². The first-order chi connectivity index (χ1) is 13.8. The van der Waals surface area contributed by atoms with Crippen LogP contribution >= 0.6 is 0 Å². The zero-order valence-electron chi connectivity index (χ0n) is 16.0. The van der Waals surface area contributed by atoms with E-state index in [1.165, 1.54) is 31.5 Å². The summed E-state index contributed by atoms with van der Waals surface area (Å²) in [5.74, 6) is 4.68. The highest BCUT2D eigenvalue weighted by atomic mass is 16.7. The smallest absolute Gasteiger partial charge is 0.231 e. The van der Waals surface area contributed by atoms with E-state index in [1.807, 2.05) is 6.07 Å².